The van der Waals surface area contributed by atoms with Crippen molar-refractivity contribution in [2.75, 3.05) is 34.4 Å². The van der Waals surface area contributed by atoms with Crippen LogP contribution in [0.15, 0.2) is 72.8 Å². The number of hydrogen-bond acceptors (Lipinski definition) is 7. The van der Waals surface area contributed by atoms with E-state index in [1.807, 2.05) is 55.4 Å². The zero-order valence-electron chi connectivity index (χ0n) is 21.2. The molecule has 3 aromatic rings. The van der Waals surface area contributed by atoms with E-state index in [0.717, 1.165) is 29.9 Å². The van der Waals surface area contributed by atoms with Crippen molar-refractivity contribution >= 4 is 11.9 Å². The molecule has 0 saturated heterocycles. The Balaban J connectivity index is 1.66. The van der Waals surface area contributed by atoms with Gasteiger partial charge >= 0.3 is 11.9 Å². The number of methoxy groups -OCH3 is 1. The molecule has 36 heavy (non-hydrogen) atoms. The van der Waals surface area contributed by atoms with Gasteiger partial charge in [-0.1, -0.05) is 42.5 Å². The molecule has 0 aliphatic carbocycles. The van der Waals surface area contributed by atoms with Gasteiger partial charge in [0.25, 0.3) is 0 Å². The first-order valence-electron chi connectivity index (χ1n) is 11.8. The van der Waals surface area contributed by atoms with Crippen LogP contribution < -0.4 is 14.2 Å². The van der Waals surface area contributed by atoms with Crippen LogP contribution in [0.25, 0.3) is 0 Å². The van der Waals surface area contributed by atoms with Crippen molar-refractivity contribution in [1.82, 2.24) is 4.90 Å². The number of benzene rings is 3. The first-order chi connectivity index (χ1) is 17.4. The molecule has 0 fully saturated rings. The predicted octanol–water partition coefficient (Wildman–Crippen LogP) is 4.57. The minimum absolute atomic E-state index is 0.170. The highest BCUT2D eigenvalue weighted by molar-refractivity contribution is 5.93. The Hall–Kier alpha value is -3.84. The van der Waals surface area contributed by atoms with Gasteiger partial charge in [0.05, 0.1) is 7.11 Å². The fourth-order valence-corrected chi connectivity index (χ4v) is 3.73. The van der Waals surface area contributed by atoms with E-state index in [1.165, 1.54) is 12.5 Å². The maximum atomic E-state index is 12.9. The van der Waals surface area contributed by atoms with E-state index in [2.05, 4.69) is 12.1 Å². The Bertz CT molecular complexity index is 1140. The molecule has 3 aromatic carbocycles. The second kappa shape index (κ2) is 13.3. The number of para-hydroxylation sites is 2. The monoisotopic (exact) mass is 491 g/mol. The second-order valence-corrected chi connectivity index (χ2v) is 8.65. The van der Waals surface area contributed by atoms with Crippen molar-refractivity contribution in [3.8, 4) is 17.2 Å². The lowest BCUT2D eigenvalue weighted by molar-refractivity contribution is -0.131. The molecule has 0 radical (unpaired) electrons. The van der Waals surface area contributed by atoms with E-state index in [9.17, 15) is 9.59 Å². The second-order valence-electron chi connectivity index (χ2n) is 8.65. The average molecular weight is 492 g/mol. The largest absolute Gasteiger partial charge is 0.497 e. The summed E-state index contributed by atoms with van der Waals surface area (Å²) in [5, 5.41) is 0. The lowest BCUT2D eigenvalue weighted by Crippen LogP contribution is -2.35. The standard InChI is InChI=1S/C29H33NO6/c1-21(31)35-28-12-8-6-10-26(28)29(32)36-25(19-30(2)3)20-34-27-11-7-5-9-23(27)16-13-22-14-17-24(33-4)18-15-22/h5-12,14-15,17-18,25H,13,16,19-20H2,1-4H3/t25-/m1/s1. The normalized spacial score (nSPS) is 11.6. The van der Waals surface area contributed by atoms with Crippen molar-refractivity contribution in [2.45, 2.75) is 25.9 Å². The fourth-order valence-electron chi connectivity index (χ4n) is 3.73. The lowest BCUT2D eigenvalue weighted by atomic mass is 10.0. The van der Waals surface area contributed by atoms with Gasteiger partial charge in [0.15, 0.2) is 0 Å². The SMILES string of the molecule is COc1ccc(CCc2ccccc2OC[C@@H](CN(C)C)OC(=O)c2ccccc2OC(C)=O)cc1. The summed E-state index contributed by atoms with van der Waals surface area (Å²) in [6, 6.07) is 22.4. The smallest absolute Gasteiger partial charge is 0.342 e. The van der Waals surface area contributed by atoms with Gasteiger partial charge in [-0.3, -0.25) is 4.79 Å². The molecule has 7 nitrogen and oxygen atoms in total. The fraction of sp³-hybridized carbons (Fsp3) is 0.310. The molecule has 0 N–H and O–H groups in total. The molecule has 1 atom stereocenters. The Morgan fingerprint density at radius 1 is 0.861 bits per heavy atom. The number of esters is 2. The van der Waals surface area contributed by atoms with E-state index >= 15 is 0 Å². The van der Waals surface area contributed by atoms with Gasteiger partial charge in [-0.15, -0.1) is 0 Å². The van der Waals surface area contributed by atoms with Crippen LogP contribution in [0, 0.1) is 0 Å². The van der Waals surface area contributed by atoms with E-state index < -0.39 is 18.0 Å². The highest BCUT2D eigenvalue weighted by Crippen LogP contribution is 2.23. The topological polar surface area (TPSA) is 74.3 Å². The van der Waals surface area contributed by atoms with Crippen molar-refractivity contribution in [1.29, 1.82) is 0 Å². The van der Waals surface area contributed by atoms with Crippen LogP contribution in [-0.4, -0.2) is 57.3 Å². The Labute approximate surface area is 212 Å². The number of carbonyl (C=O) groups excluding carboxylic acids is 2. The van der Waals surface area contributed by atoms with Crippen LogP contribution in [0.4, 0.5) is 0 Å². The first kappa shape index (κ1) is 26.8. The van der Waals surface area contributed by atoms with Crippen LogP contribution in [0.3, 0.4) is 0 Å². The summed E-state index contributed by atoms with van der Waals surface area (Å²) in [4.78, 5) is 26.3. The van der Waals surface area contributed by atoms with E-state index in [-0.39, 0.29) is 17.9 Å². The average Bonchev–Trinajstić information content (AvgIpc) is 2.86. The number of rotatable bonds is 12. The predicted molar refractivity (Wildman–Crippen MR) is 138 cm³/mol. The number of aryl methyl sites for hydroxylation is 2. The number of nitrogens with zero attached hydrogens (tertiary/aromatic N) is 1. The molecule has 190 valence electrons. The zero-order valence-corrected chi connectivity index (χ0v) is 21.2. The highest BCUT2D eigenvalue weighted by atomic mass is 16.6. The van der Waals surface area contributed by atoms with Crippen LogP contribution >= 0.6 is 0 Å². The maximum Gasteiger partial charge on any atom is 0.342 e. The van der Waals surface area contributed by atoms with Gasteiger partial charge in [0.1, 0.15) is 35.5 Å². The third-order valence-corrected chi connectivity index (χ3v) is 5.44. The molecule has 0 aliphatic rings. The third kappa shape index (κ3) is 8.13. The minimum Gasteiger partial charge on any atom is -0.497 e. The third-order valence-electron chi connectivity index (χ3n) is 5.44. The molecular formula is C29H33NO6. The summed E-state index contributed by atoms with van der Waals surface area (Å²) < 4.78 is 22.3. The molecule has 0 saturated carbocycles. The van der Waals surface area contributed by atoms with Crippen LogP contribution in [0.2, 0.25) is 0 Å². The van der Waals surface area contributed by atoms with Crippen LogP contribution in [0.1, 0.15) is 28.4 Å². The minimum atomic E-state index is -0.574. The maximum absolute atomic E-state index is 12.9. The van der Waals surface area contributed by atoms with E-state index in [4.69, 9.17) is 18.9 Å². The summed E-state index contributed by atoms with van der Waals surface area (Å²) >= 11 is 0. The number of carbonyl (C=O) groups is 2. The van der Waals surface area contributed by atoms with Crippen molar-refractivity contribution in [3.63, 3.8) is 0 Å². The molecular weight excluding hydrogens is 458 g/mol. The summed E-state index contributed by atoms with van der Waals surface area (Å²) in [6.07, 6.45) is 1.12. The Morgan fingerprint density at radius 3 is 2.19 bits per heavy atom. The van der Waals surface area contributed by atoms with Gasteiger partial charge in [0, 0.05) is 13.5 Å². The van der Waals surface area contributed by atoms with Gasteiger partial charge in [-0.25, -0.2) is 4.79 Å². The van der Waals surface area contributed by atoms with Gasteiger partial charge in [0.2, 0.25) is 0 Å². The van der Waals surface area contributed by atoms with Crippen molar-refractivity contribution < 1.29 is 28.5 Å². The zero-order chi connectivity index (χ0) is 25.9. The summed E-state index contributed by atoms with van der Waals surface area (Å²) in [6.45, 7) is 1.94. The summed E-state index contributed by atoms with van der Waals surface area (Å²) in [5.41, 5.74) is 2.47. The first-order valence-corrected chi connectivity index (χ1v) is 11.8. The molecule has 0 amide bonds. The Morgan fingerprint density at radius 2 is 1.53 bits per heavy atom. The van der Waals surface area contributed by atoms with Crippen LogP contribution in [-0.2, 0) is 22.4 Å². The van der Waals surface area contributed by atoms with Gasteiger partial charge < -0.3 is 23.8 Å². The van der Waals surface area contributed by atoms with Gasteiger partial charge in [-0.05, 0) is 68.4 Å². The number of likely N-dealkylation sites (N-methyl/N-ethyl adjacent to an activating group) is 1. The van der Waals surface area contributed by atoms with E-state index in [0.29, 0.717) is 6.54 Å². The molecule has 0 aliphatic heterocycles. The quantitative estimate of drug-likeness (QED) is 0.271. The molecule has 0 bridgehead atoms. The van der Waals surface area contributed by atoms with E-state index in [1.54, 1.807) is 31.4 Å². The number of hydrogen-bond donors (Lipinski definition) is 0. The molecule has 0 heterocycles. The molecule has 0 spiro atoms. The van der Waals surface area contributed by atoms with Gasteiger partial charge in [-0.2, -0.15) is 0 Å². The molecule has 7 heteroatoms. The molecule has 0 aromatic heterocycles. The molecule has 0 unspecified atom stereocenters. The highest BCUT2D eigenvalue weighted by Gasteiger charge is 2.21. The lowest BCUT2D eigenvalue weighted by Gasteiger charge is -2.23. The van der Waals surface area contributed by atoms with Crippen LogP contribution in [0.5, 0.6) is 17.2 Å². The summed E-state index contributed by atoms with van der Waals surface area (Å²) in [7, 11) is 5.45. The van der Waals surface area contributed by atoms with Crippen molar-refractivity contribution in [2.24, 2.45) is 0 Å². The molecule has 3 rings (SSSR count). The van der Waals surface area contributed by atoms with Crippen molar-refractivity contribution in [3.05, 3.63) is 89.5 Å². The number of ether oxygens (including phenoxy) is 4. The Kier molecular flexibility index (Phi) is 9.89. The summed E-state index contributed by atoms with van der Waals surface area (Å²) in [5.74, 6) is 0.679.